The first-order valence-corrected chi connectivity index (χ1v) is 7.75. The zero-order valence-corrected chi connectivity index (χ0v) is 12.7. The summed E-state index contributed by atoms with van der Waals surface area (Å²) in [5.41, 5.74) is 0.952. The molecule has 3 heteroatoms. The normalized spacial score (nSPS) is 23.0. The summed E-state index contributed by atoms with van der Waals surface area (Å²) in [5, 5.41) is 10.8. The fourth-order valence-electron chi connectivity index (χ4n) is 3.19. The number of halogens is 1. The molecule has 2 nitrogen and oxygen atoms in total. The highest BCUT2D eigenvalue weighted by Crippen LogP contribution is 2.34. The van der Waals surface area contributed by atoms with Gasteiger partial charge in [0.2, 0.25) is 0 Å². The molecule has 106 valence electrons. The van der Waals surface area contributed by atoms with Gasteiger partial charge in [0.05, 0.1) is 0 Å². The average molecular weight is 282 g/mol. The molecule has 0 saturated carbocycles. The second-order valence-corrected chi connectivity index (χ2v) is 5.96. The highest BCUT2D eigenvalue weighted by Gasteiger charge is 2.26. The van der Waals surface area contributed by atoms with Gasteiger partial charge in [-0.25, -0.2) is 0 Å². The van der Waals surface area contributed by atoms with Crippen LogP contribution in [0.25, 0.3) is 0 Å². The van der Waals surface area contributed by atoms with Crippen LogP contribution in [0.1, 0.15) is 57.6 Å². The van der Waals surface area contributed by atoms with Gasteiger partial charge in [0.15, 0.2) is 0 Å². The molecule has 1 N–H and O–H groups in total. The summed E-state index contributed by atoms with van der Waals surface area (Å²) in [4.78, 5) is 2.54. The minimum absolute atomic E-state index is 0.224. The van der Waals surface area contributed by atoms with Crippen molar-refractivity contribution in [2.75, 3.05) is 6.54 Å². The maximum Gasteiger partial charge on any atom is 0.120 e. The molecule has 1 heterocycles. The van der Waals surface area contributed by atoms with Crippen LogP contribution in [0.2, 0.25) is 5.02 Å². The molecule has 0 spiro atoms. The van der Waals surface area contributed by atoms with E-state index in [2.05, 4.69) is 18.7 Å². The molecule has 2 rings (SSSR count). The number of nitrogens with zero attached hydrogens (tertiary/aromatic N) is 1. The van der Waals surface area contributed by atoms with E-state index < -0.39 is 0 Å². The van der Waals surface area contributed by atoms with E-state index in [9.17, 15) is 5.11 Å². The van der Waals surface area contributed by atoms with E-state index in [0.29, 0.717) is 16.8 Å². The molecule has 0 bridgehead atoms. The van der Waals surface area contributed by atoms with Crippen LogP contribution in [-0.2, 0) is 0 Å². The lowest BCUT2D eigenvalue weighted by molar-refractivity contribution is 0.140. The van der Waals surface area contributed by atoms with Crippen molar-refractivity contribution in [3.63, 3.8) is 0 Å². The van der Waals surface area contributed by atoms with Gasteiger partial charge in [-0.3, -0.25) is 4.90 Å². The molecule has 19 heavy (non-hydrogen) atoms. The van der Waals surface area contributed by atoms with Gasteiger partial charge in [-0.05, 0) is 50.9 Å². The number of hydrogen-bond donors (Lipinski definition) is 1. The summed E-state index contributed by atoms with van der Waals surface area (Å²) in [6.07, 6.45) is 6.33. The summed E-state index contributed by atoms with van der Waals surface area (Å²) in [7, 11) is 0. The van der Waals surface area contributed by atoms with E-state index in [4.69, 9.17) is 11.6 Å². The Bertz CT molecular complexity index is 421. The molecule has 0 aromatic heterocycles. The van der Waals surface area contributed by atoms with Gasteiger partial charge >= 0.3 is 0 Å². The van der Waals surface area contributed by atoms with E-state index >= 15 is 0 Å². The number of rotatable bonds is 3. The minimum Gasteiger partial charge on any atom is -0.508 e. The summed E-state index contributed by atoms with van der Waals surface area (Å²) in [6.45, 7) is 5.55. The van der Waals surface area contributed by atoms with Gasteiger partial charge in [0.1, 0.15) is 5.75 Å². The van der Waals surface area contributed by atoms with Crippen LogP contribution in [0, 0.1) is 0 Å². The van der Waals surface area contributed by atoms with Crippen molar-refractivity contribution < 1.29 is 5.11 Å². The maximum absolute atomic E-state index is 10.1. The van der Waals surface area contributed by atoms with Gasteiger partial charge in [0.25, 0.3) is 0 Å². The second-order valence-electron chi connectivity index (χ2n) is 5.53. The highest BCUT2D eigenvalue weighted by molar-refractivity contribution is 6.30. The Morgan fingerprint density at radius 2 is 2.16 bits per heavy atom. The molecule has 1 aliphatic rings. The predicted octanol–water partition coefficient (Wildman–Crippen LogP) is 4.76. The number of phenols is 1. The third-order valence-corrected chi connectivity index (χ3v) is 4.57. The van der Waals surface area contributed by atoms with Crippen molar-refractivity contribution in [3.05, 3.63) is 28.8 Å². The van der Waals surface area contributed by atoms with Crippen molar-refractivity contribution >= 4 is 11.6 Å². The minimum atomic E-state index is 0.224. The smallest absolute Gasteiger partial charge is 0.120 e. The van der Waals surface area contributed by atoms with E-state index in [1.165, 1.54) is 32.1 Å². The van der Waals surface area contributed by atoms with Crippen molar-refractivity contribution in [2.24, 2.45) is 0 Å². The predicted molar refractivity (Wildman–Crippen MR) is 80.8 cm³/mol. The van der Waals surface area contributed by atoms with Gasteiger partial charge in [-0.1, -0.05) is 31.4 Å². The highest BCUT2D eigenvalue weighted by atomic mass is 35.5. The van der Waals surface area contributed by atoms with Gasteiger partial charge in [-0.15, -0.1) is 0 Å². The molecule has 1 fully saturated rings. The standard InChI is InChI=1S/C16H24ClNO/c1-3-14-7-5-4-6-10-18(14)12(2)15-11-13(17)8-9-16(15)19/h8-9,11-12,14,19H,3-7,10H2,1-2H3. The van der Waals surface area contributed by atoms with Crippen LogP contribution in [-0.4, -0.2) is 22.6 Å². The molecule has 1 aromatic rings. The van der Waals surface area contributed by atoms with Crippen LogP contribution in [0.4, 0.5) is 0 Å². The molecule has 0 radical (unpaired) electrons. The first-order valence-electron chi connectivity index (χ1n) is 7.37. The van der Waals surface area contributed by atoms with Crippen molar-refractivity contribution in [2.45, 2.75) is 58.0 Å². The van der Waals surface area contributed by atoms with Crippen molar-refractivity contribution in [1.29, 1.82) is 0 Å². The summed E-state index contributed by atoms with van der Waals surface area (Å²) in [6, 6.07) is 6.19. The molecule has 0 aliphatic carbocycles. The molecular formula is C16H24ClNO. The van der Waals surface area contributed by atoms with Crippen molar-refractivity contribution in [1.82, 2.24) is 4.90 Å². The third kappa shape index (κ3) is 3.43. The Kier molecular flexibility index (Phi) is 5.12. The van der Waals surface area contributed by atoms with E-state index in [-0.39, 0.29) is 6.04 Å². The summed E-state index contributed by atoms with van der Waals surface area (Å²) in [5.74, 6) is 0.357. The quantitative estimate of drug-likeness (QED) is 0.863. The number of phenolic OH excluding ortho intramolecular Hbond substituents is 1. The zero-order valence-electron chi connectivity index (χ0n) is 11.9. The second kappa shape index (κ2) is 6.62. The topological polar surface area (TPSA) is 23.5 Å². The van der Waals surface area contributed by atoms with Crippen LogP contribution in [0.15, 0.2) is 18.2 Å². The lowest BCUT2D eigenvalue weighted by Gasteiger charge is -2.35. The Hall–Kier alpha value is -0.730. The Morgan fingerprint density at radius 1 is 1.37 bits per heavy atom. The number of likely N-dealkylation sites (tertiary alicyclic amines) is 1. The van der Waals surface area contributed by atoms with E-state index in [1.807, 2.05) is 6.07 Å². The summed E-state index contributed by atoms with van der Waals surface area (Å²) < 4.78 is 0. The number of hydrogen-bond acceptors (Lipinski definition) is 2. The maximum atomic E-state index is 10.1. The summed E-state index contributed by atoms with van der Waals surface area (Å²) >= 11 is 6.07. The Labute approximate surface area is 121 Å². The lowest BCUT2D eigenvalue weighted by Crippen LogP contribution is -2.36. The monoisotopic (exact) mass is 281 g/mol. The molecule has 1 saturated heterocycles. The van der Waals surface area contributed by atoms with Crippen LogP contribution in [0.5, 0.6) is 5.75 Å². The van der Waals surface area contributed by atoms with Gasteiger partial charge < -0.3 is 5.11 Å². The molecule has 2 atom stereocenters. The van der Waals surface area contributed by atoms with Gasteiger partial charge in [-0.2, -0.15) is 0 Å². The molecule has 2 unspecified atom stereocenters. The SMILES string of the molecule is CCC1CCCCCN1C(C)c1cc(Cl)ccc1O. The van der Waals surface area contributed by atoms with Crippen LogP contribution in [0.3, 0.4) is 0 Å². The zero-order chi connectivity index (χ0) is 13.8. The first-order chi connectivity index (χ1) is 9.13. The molecule has 1 aromatic carbocycles. The largest absolute Gasteiger partial charge is 0.508 e. The van der Waals surface area contributed by atoms with Crippen LogP contribution < -0.4 is 0 Å². The van der Waals surface area contributed by atoms with Crippen molar-refractivity contribution in [3.8, 4) is 5.75 Å². The first kappa shape index (κ1) is 14.7. The van der Waals surface area contributed by atoms with Gasteiger partial charge in [0, 0.05) is 22.7 Å². The lowest BCUT2D eigenvalue weighted by atomic mass is 10.0. The van der Waals surface area contributed by atoms with Crippen LogP contribution >= 0.6 is 11.6 Å². The fraction of sp³-hybridized carbons (Fsp3) is 0.625. The Morgan fingerprint density at radius 3 is 2.89 bits per heavy atom. The van der Waals surface area contributed by atoms with E-state index in [1.54, 1.807) is 12.1 Å². The average Bonchev–Trinajstić information content (AvgIpc) is 2.65. The molecule has 0 amide bonds. The fourth-order valence-corrected chi connectivity index (χ4v) is 3.37. The third-order valence-electron chi connectivity index (χ3n) is 4.33. The molecular weight excluding hydrogens is 258 g/mol. The van der Waals surface area contributed by atoms with E-state index in [0.717, 1.165) is 12.1 Å². The number of benzene rings is 1. The Balaban J connectivity index is 2.24. The molecule has 1 aliphatic heterocycles. The number of aromatic hydroxyl groups is 1.